The van der Waals surface area contributed by atoms with Gasteiger partial charge in [0.2, 0.25) is 0 Å². The Bertz CT molecular complexity index is 141. The molecule has 0 spiro atoms. The average molecular weight is 216 g/mol. The molecule has 0 N–H and O–H groups in total. The monoisotopic (exact) mass is 216 g/mol. The molecular formula is C13H28O2. The van der Waals surface area contributed by atoms with Crippen molar-refractivity contribution in [3.8, 4) is 0 Å². The van der Waals surface area contributed by atoms with Crippen molar-refractivity contribution in [3.63, 3.8) is 0 Å². The fourth-order valence-corrected chi connectivity index (χ4v) is 1.59. The third kappa shape index (κ3) is 6.16. The van der Waals surface area contributed by atoms with Crippen LogP contribution in [0.2, 0.25) is 0 Å². The summed E-state index contributed by atoms with van der Waals surface area (Å²) in [6.07, 6.45) is 5.85. The second-order valence-corrected chi connectivity index (χ2v) is 4.44. The molecule has 1 atom stereocenters. The van der Waals surface area contributed by atoms with Gasteiger partial charge in [0.05, 0.1) is 11.7 Å². The van der Waals surface area contributed by atoms with Crippen LogP contribution in [0, 0.1) is 0 Å². The van der Waals surface area contributed by atoms with Gasteiger partial charge in [-0.15, -0.1) is 0 Å². The molecule has 0 bridgehead atoms. The zero-order valence-corrected chi connectivity index (χ0v) is 11.1. The van der Waals surface area contributed by atoms with Gasteiger partial charge in [0, 0.05) is 13.7 Å². The molecule has 0 rings (SSSR count). The van der Waals surface area contributed by atoms with Gasteiger partial charge < -0.3 is 9.47 Å². The van der Waals surface area contributed by atoms with Crippen molar-refractivity contribution < 1.29 is 9.47 Å². The molecule has 0 aromatic heterocycles. The summed E-state index contributed by atoms with van der Waals surface area (Å²) in [6, 6.07) is 0. The van der Waals surface area contributed by atoms with E-state index in [2.05, 4.69) is 27.7 Å². The van der Waals surface area contributed by atoms with Gasteiger partial charge in [0.15, 0.2) is 0 Å². The molecule has 0 aliphatic heterocycles. The minimum atomic E-state index is 0.0600. The minimum Gasteiger partial charge on any atom is -0.381 e. The lowest BCUT2D eigenvalue weighted by Gasteiger charge is -2.28. The molecule has 0 amide bonds. The van der Waals surface area contributed by atoms with E-state index < -0.39 is 0 Å². The molecule has 92 valence electrons. The second kappa shape index (κ2) is 8.12. The maximum Gasteiger partial charge on any atom is 0.0649 e. The first kappa shape index (κ1) is 14.9. The van der Waals surface area contributed by atoms with Crippen LogP contribution < -0.4 is 0 Å². The third-order valence-electron chi connectivity index (χ3n) is 3.33. The SMILES string of the molecule is CCCC(CCOC(C)(CC)CC)OC. The van der Waals surface area contributed by atoms with Gasteiger partial charge in [-0.25, -0.2) is 0 Å². The van der Waals surface area contributed by atoms with Crippen LogP contribution in [0.4, 0.5) is 0 Å². The molecule has 0 radical (unpaired) electrons. The number of rotatable bonds is 9. The van der Waals surface area contributed by atoms with E-state index in [0.717, 1.165) is 32.3 Å². The van der Waals surface area contributed by atoms with E-state index in [0.29, 0.717) is 6.10 Å². The van der Waals surface area contributed by atoms with Gasteiger partial charge in [0.25, 0.3) is 0 Å². The minimum absolute atomic E-state index is 0.0600. The largest absolute Gasteiger partial charge is 0.381 e. The fourth-order valence-electron chi connectivity index (χ4n) is 1.59. The molecule has 0 aliphatic rings. The van der Waals surface area contributed by atoms with Gasteiger partial charge in [-0.05, 0) is 32.6 Å². The summed E-state index contributed by atoms with van der Waals surface area (Å²) in [5.41, 5.74) is 0.0600. The van der Waals surface area contributed by atoms with Crippen LogP contribution in [0.25, 0.3) is 0 Å². The lowest BCUT2D eigenvalue weighted by Crippen LogP contribution is -2.28. The normalized spacial score (nSPS) is 14.2. The highest BCUT2D eigenvalue weighted by atomic mass is 16.5. The highest BCUT2D eigenvalue weighted by Gasteiger charge is 2.20. The van der Waals surface area contributed by atoms with Crippen molar-refractivity contribution >= 4 is 0 Å². The summed E-state index contributed by atoms with van der Waals surface area (Å²) in [4.78, 5) is 0. The Morgan fingerprint density at radius 3 is 2.07 bits per heavy atom. The molecule has 2 nitrogen and oxygen atoms in total. The van der Waals surface area contributed by atoms with Crippen LogP contribution in [0.15, 0.2) is 0 Å². The molecular weight excluding hydrogens is 188 g/mol. The predicted molar refractivity (Wildman–Crippen MR) is 65.3 cm³/mol. The lowest BCUT2D eigenvalue weighted by molar-refractivity contribution is -0.0530. The van der Waals surface area contributed by atoms with E-state index in [-0.39, 0.29) is 5.60 Å². The smallest absolute Gasteiger partial charge is 0.0649 e. The van der Waals surface area contributed by atoms with Crippen molar-refractivity contribution in [2.24, 2.45) is 0 Å². The summed E-state index contributed by atoms with van der Waals surface area (Å²) < 4.78 is 11.3. The maximum atomic E-state index is 5.93. The van der Waals surface area contributed by atoms with Gasteiger partial charge in [0.1, 0.15) is 0 Å². The van der Waals surface area contributed by atoms with Crippen LogP contribution in [-0.2, 0) is 9.47 Å². The van der Waals surface area contributed by atoms with E-state index in [1.165, 1.54) is 6.42 Å². The summed E-state index contributed by atoms with van der Waals surface area (Å²) in [7, 11) is 1.79. The Labute approximate surface area is 95.3 Å². The maximum absolute atomic E-state index is 5.93. The number of ether oxygens (including phenoxy) is 2. The molecule has 0 aromatic carbocycles. The van der Waals surface area contributed by atoms with E-state index >= 15 is 0 Å². The molecule has 0 aliphatic carbocycles. The summed E-state index contributed by atoms with van der Waals surface area (Å²) in [5, 5.41) is 0. The number of hydrogen-bond acceptors (Lipinski definition) is 2. The highest BCUT2D eigenvalue weighted by Crippen LogP contribution is 2.20. The molecule has 0 saturated heterocycles. The van der Waals surface area contributed by atoms with Gasteiger partial charge in [-0.2, -0.15) is 0 Å². The highest BCUT2D eigenvalue weighted by molar-refractivity contribution is 4.71. The third-order valence-corrected chi connectivity index (χ3v) is 3.33. The topological polar surface area (TPSA) is 18.5 Å². The average Bonchev–Trinajstić information content (AvgIpc) is 2.27. The fraction of sp³-hybridized carbons (Fsp3) is 1.00. The Morgan fingerprint density at radius 2 is 1.67 bits per heavy atom. The number of hydrogen-bond donors (Lipinski definition) is 0. The Hall–Kier alpha value is -0.0800. The van der Waals surface area contributed by atoms with Gasteiger partial charge in [-0.3, -0.25) is 0 Å². The summed E-state index contributed by atoms with van der Waals surface area (Å²) >= 11 is 0. The van der Waals surface area contributed by atoms with Crippen LogP contribution >= 0.6 is 0 Å². The molecule has 0 aromatic rings. The zero-order valence-electron chi connectivity index (χ0n) is 11.1. The Morgan fingerprint density at radius 1 is 1.07 bits per heavy atom. The van der Waals surface area contributed by atoms with E-state index in [1.54, 1.807) is 7.11 Å². The lowest BCUT2D eigenvalue weighted by atomic mass is 10.00. The van der Waals surface area contributed by atoms with E-state index in [1.807, 2.05) is 0 Å². The first-order chi connectivity index (χ1) is 7.11. The van der Waals surface area contributed by atoms with Crippen LogP contribution in [0.1, 0.15) is 59.8 Å². The van der Waals surface area contributed by atoms with Crippen molar-refractivity contribution in [2.45, 2.75) is 71.5 Å². The van der Waals surface area contributed by atoms with Crippen molar-refractivity contribution in [1.82, 2.24) is 0 Å². The predicted octanol–water partition coefficient (Wildman–Crippen LogP) is 3.79. The molecule has 15 heavy (non-hydrogen) atoms. The van der Waals surface area contributed by atoms with Crippen molar-refractivity contribution in [3.05, 3.63) is 0 Å². The van der Waals surface area contributed by atoms with E-state index in [9.17, 15) is 0 Å². The van der Waals surface area contributed by atoms with Gasteiger partial charge in [-0.1, -0.05) is 27.2 Å². The molecule has 1 unspecified atom stereocenters. The van der Waals surface area contributed by atoms with Gasteiger partial charge >= 0.3 is 0 Å². The standard InChI is InChI=1S/C13H28O2/c1-6-9-12(14-5)10-11-15-13(4,7-2)8-3/h12H,6-11H2,1-5H3. The van der Waals surface area contributed by atoms with Crippen LogP contribution in [0.5, 0.6) is 0 Å². The first-order valence-corrected chi connectivity index (χ1v) is 6.28. The van der Waals surface area contributed by atoms with E-state index in [4.69, 9.17) is 9.47 Å². The zero-order chi connectivity index (χ0) is 11.7. The van der Waals surface area contributed by atoms with Crippen molar-refractivity contribution in [1.29, 1.82) is 0 Å². The van der Waals surface area contributed by atoms with Crippen LogP contribution in [0.3, 0.4) is 0 Å². The molecule has 0 heterocycles. The Balaban J connectivity index is 3.75. The summed E-state index contributed by atoms with van der Waals surface area (Å²) in [6.45, 7) is 9.56. The molecule has 0 saturated carbocycles. The quantitative estimate of drug-likeness (QED) is 0.584. The molecule has 0 fully saturated rings. The number of methoxy groups -OCH3 is 1. The summed E-state index contributed by atoms with van der Waals surface area (Å²) in [5.74, 6) is 0. The molecule has 2 heteroatoms. The van der Waals surface area contributed by atoms with Crippen LogP contribution in [-0.4, -0.2) is 25.4 Å². The van der Waals surface area contributed by atoms with Crippen molar-refractivity contribution in [2.75, 3.05) is 13.7 Å². The Kier molecular flexibility index (Phi) is 8.07. The second-order valence-electron chi connectivity index (χ2n) is 4.44. The first-order valence-electron chi connectivity index (χ1n) is 6.28.